The molecule has 1 aromatic carbocycles. The molecule has 2 aliphatic rings. The quantitative estimate of drug-likeness (QED) is 0.757. The second kappa shape index (κ2) is 7.58. The van der Waals surface area contributed by atoms with E-state index in [9.17, 15) is 4.79 Å². The molecule has 0 saturated carbocycles. The summed E-state index contributed by atoms with van der Waals surface area (Å²) in [7, 11) is 1.50. The largest absolute Gasteiger partial charge is 0.450 e. The van der Waals surface area contributed by atoms with E-state index in [1.807, 2.05) is 19.9 Å². The molecule has 0 aromatic heterocycles. The molecule has 0 aliphatic carbocycles. The van der Waals surface area contributed by atoms with Gasteiger partial charge in [-0.1, -0.05) is 18.2 Å². The van der Waals surface area contributed by atoms with Crippen LogP contribution in [-0.4, -0.2) is 56.9 Å². The molecule has 2 saturated heterocycles. The third-order valence-corrected chi connectivity index (χ3v) is 4.05. The van der Waals surface area contributed by atoms with Gasteiger partial charge in [-0.15, -0.1) is 0 Å². The Morgan fingerprint density at radius 1 is 1.12 bits per heavy atom. The highest BCUT2D eigenvalue weighted by Crippen LogP contribution is 2.35. The molecule has 0 radical (unpaired) electrons. The highest BCUT2D eigenvalue weighted by Gasteiger charge is 2.54. The highest BCUT2D eigenvalue weighted by atomic mass is 16.9. The Labute approximate surface area is 140 Å². The number of ether oxygens (including phenoxy) is 6. The van der Waals surface area contributed by atoms with Gasteiger partial charge in [-0.2, -0.15) is 0 Å². The van der Waals surface area contributed by atoms with Gasteiger partial charge in [0, 0.05) is 13.7 Å². The molecule has 2 aliphatic heterocycles. The second-order valence-corrected chi connectivity index (χ2v) is 5.63. The van der Waals surface area contributed by atoms with E-state index in [1.165, 1.54) is 7.11 Å². The summed E-state index contributed by atoms with van der Waals surface area (Å²) in [5.41, 5.74) is 0.447. The van der Waals surface area contributed by atoms with Gasteiger partial charge < -0.3 is 28.4 Å². The van der Waals surface area contributed by atoms with Crippen LogP contribution in [0.15, 0.2) is 30.3 Å². The van der Waals surface area contributed by atoms with Crippen LogP contribution in [0.4, 0.5) is 0 Å². The van der Waals surface area contributed by atoms with Crippen molar-refractivity contribution in [1.29, 1.82) is 0 Å². The number of hydrogen-bond donors (Lipinski definition) is 0. The minimum absolute atomic E-state index is 0.280. The van der Waals surface area contributed by atoms with Crippen LogP contribution < -0.4 is 0 Å². The molecule has 0 N–H and O–H groups in total. The smallest absolute Gasteiger partial charge is 0.338 e. The maximum Gasteiger partial charge on any atom is 0.338 e. The first-order valence-electron chi connectivity index (χ1n) is 8.00. The zero-order valence-corrected chi connectivity index (χ0v) is 13.9. The third kappa shape index (κ3) is 3.45. The van der Waals surface area contributed by atoms with Crippen LogP contribution in [0, 0.1) is 0 Å². The Morgan fingerprint density at radius 2 is 1.83 bits per heavy atom. The second-order valence-electron chi connectivity index (χ2n) is 5.63. The van der Waals surface area contributed by atoms with Crippen molar-refractivity contribution in [3.05, 3.63) is 35.9 Å². The monoisotopic (exact) mass is 338 g/mol. The van der Waals surface area contributed by atoms with Crippen LogP contribution in [0.1, 0.15) is 24.2 Å². The fourth-order valence-corrected chi connectivity index (χ4v) is 2.90. The summed E-state index contributed by atoms with van der Waals surface area (Å²) < 4.78 is 33.6. The van der Waals surface area contributed by atoms with Crippen LogP contribution >= 0.6 is 0 Å². The summed E-state index contributed by atoms with van der Waals surface area (Å²) in [6, 6.07) is 8.74. The lowest BCUT2D eigenvalue weighted by atomic mass is 10.00. The van der Waals surface area contributed by atoms with Crippen LogP contribution in [0.25, 0.3) is 0 Å². The van der Waals surface area contributed by atoms with Gasteiger partial charge in [-0.05, 0) is 26.0 Å². The van der Waals surface area contributed by atoms with Gasteiger partial charge in [0.25, 0.3) is 6.48 Å². The molecule has 1 unspecified atom stereocenters. The summed E-state index contributed by atoms with van der Waals surface area (Å²) >= 11 is 0. The molecular formula is C17H22O7. The lowest BCUT2D eigenvalue weighted by molar-refractivity contribution is -0.265. The van der Waals surface area contributed by atoms with E-state index >= 15 is 0 Å². The minimum Gasteiger partial charge on any atom is -0.450 e. The lowest BCUT2D eigenvalue weighted by Crippen LogP contribution is -2.57. The molecule has 1 aromatic rings. The first-order valence-corrected chi connectivity index (χ1v) is 8.00. The first-order chi connectivity index (χ1) is 11.6. The average Bonchev–Trinajstić information content (AvgIpc) is 3.02. The minimum atomic E-state index is -0.801. The van der Waals surface area contributed by atoms with Crippen LogP contribution in [0.2, 0.25) is 0 Å². The Kier molecular flexibility index (Phi) is 5.47. The van der Waals surface area contributed by atoms with E-state index in [0.717, 1.165) is 0 Å². The number of hydrogen-bond acceptors (Lipinski definition) is 7. The van der Waals surface area contributed by atoms with Crippen LogP contribution in [0.3, 0.4) is 0 Å². The topological polar surface area (TPSA) is 72.5 Å². The summed E-state index contributed by atoms with van der Waals surface area (Å²) in [5, 5.41) is 0. The number of methoxy groups -OCH3 is 1. The summed E-state index contributed by atoms with van der Waals surface area (Å²) in [4.78, 5) is 12.4. The van der Waals surface area contributed by atoms with Gasteiger partial charge >= 0.3 is 5.97 Å². The molecule has 6 atom stereocenters. The maximum atomic E-state index is 12.4. The van der Waals surface area contributed by atoms with Gasteiger partial charge in [0.2, 0.25) is 0 Å². The number of rotatable bonds is 5. The van der Waals surface area contributed by atoms with Crippen molar-refractivity contribution in [1.82, 2.24) is 0 Å². The van der Waals surface area contributed by atoms with E-state index in [2.05, 4.69) is 0 Å². The molecule has 7 nitrogen and oxygen atoms in total. The Hall–Kier alpha value is -1.51. The van der Waals surface area contributed by atoms with Gasteiger partial charge in [0.15, 0.2) is 12.4 Å². The Balaban J connectivity index is 1.77. The molecule has 2 heterocycles. The highest BCUT2D eigenvalue weighted by molar-refractivity contribution is 5.89. The predicted octanol–water partition coefficient (Wildman–Crippen LogP) is 1.71. The third-order valence-electron chi connectivity index (χ3n) is 4.05. The Morgan fingerprint density at radius 3 is 2.50 bits per heavy atom. The Bertz CT molecular complexity index is 549. The molecule has 0 amide bonds. The van der Waals surface area contributed by atoms with Crippen LogP contribution in [-0.2, 0) is 28.4 Å². The van der Waals surface area contributed by atoms with Crippen molar-refractivity contribution in [2.75, 3.05) is 13.7 Å². The predicted molar refractivity (Wildman–Crippen MR) is 82.1 cm³/mol. The van der Waals surface area contributed by atoms with E-state index in [1.54, 1.807) is 24.3 Å². The molecular weight excluding hydrogens is 316 g/mol. The number of fused-ring (bicyclic) bond motifs is 1. The number of carbonyl (C=O) groups excluding carboxylic acids is 1. The zero-order chi connectivity index (χ0) is 17.1. The fraction of sp³-hybridized carbons (Fsp3) is 0.588. The molecule has 0 bridgehead atoms. The van der Waals surface area contributed by atoms with E-state index in [4.69, 9.17) is 28.4 Å². The average molecular weight is 338 g/mol. The maximum absolute atomic E-state index is 12.4. The summed E-state index contributed by atoms with van der Waals surface area (Å²) in [6.07, 6.45) is -2.70. The number of esters is 1. The number of carbonyl (C=O) groups is 1. The molecule has 2 fully saturated rings. The van der Waals surface area contributed by atoms with Crippen molar-refractivity contribution < 1.29 is 33.2 Å². The van der Waals surface area contributed by atoms with Crippen molar-refractivity contribution in [3.63, 3.8) is 0 Å². The van der Waals surface area contributed by atoms with Crippen molar-refractivity contribution >= 4 is 5.97 Å². The zero-order valence-electron chi connectivity index (χ0n) is 13.9. The van der Waals surface area contributed by atoms with Gasteiger partial charge in [0.1, 0.15) is 12.2 Å². The van der Waals surface area contributed by atoms with Crippen molar-refractivity contribution in [2.24, 2.45) is 0 Å². The molecule has 3 rings (SSSR count). The van der Waals surface area contributed by atoms with Crippen LogP contribution in [0.5, 0.6) is 0 Å². The normalized spacial score (nSPS) is 35.5. The van der Waals surface area contributed by atoms with E-state index in [0.29, 0.717) is 12.2 Å². The lowest BCUT2D eigenvalue weighted by Gasteiger charge is -2.39. The summed E-state index contributed by atoms with van der Waals surface area (Å²) in [5.74, 6) is -0.469. The van der Waals surface area contributed by atoms with Crippen molar-refractivity contribution in [3.8, 4) is 0 Å². The number of benzene rings is 1. The van der Waals surface area contributed by atoms with Crippen molar-refractivity contribution in [2.45, 2.75) is 51.0 Å². The molecule has 0 spiro atoms. The molecule has 7 heteroatoms. The van der Waals surface area contributed by atoms with E-state index < -0.39 is 37.0 Å². The SMILES string of the molecule is CCOC1O[C@H]2[C@H](OC(=O)c3ccccc3)[C@H](OC)O[C@@H](C)[C@H]2O1. The summed E-state index contributed by atoms with van der Waals surface area (Å²) in [6.45, 7) is 3.35. The fourth-order valence-electron chi connectivity index (χ4n) is 2.90. The standard InChI is InChI=1S/C17H22O7/c1-4-20-17-23-12-10(2)21-16(19-3)14(13(12)24-17)22-15(18)11-8-6-5-7-9-11/h5-10,12-14,16-17H,4H2,1-3H3/t10-,12+,13+,14-,16+,17?/m0/s1. The van der Waals surface area contributed by atoms with Gasteiger partial charge in [-0.3, -0.25) is 0 Å². The van der Waals surface area contributed by atoms with E-state index in [-0.39, 0.29) is 6.10 Å². The van der Waals surface area contributed by atoms with Gasteiger partial charge in [0.05, 0.1) is 11.7 Å². The molecule has 132 valence electrons. The van der Waals surface area contributed by atoms with Gasteiger partial charge in [-0.25, -0.2) is 4.79 Å². The molecule has 24 heavy (non-hydrogen) atoms. The first kappa shape index (κ1) is 17.3.